The molecule has 0 aliphatic heterocycles. The Labute approximate surface area is 189 Å². The maximum absolute atomic E-state index is 12.6. The number of benzene rings is 1. The Morgan fingerprint density at radius 3 is 2.38 bits per heavy atom. The van der Waals surface area contributed by atoms with Crippen molar-refractivity contribution in [1.82, 2.24) is 16.0 Å². The number of nitrogens with one attached hydrogen (secondary N) is 3. The van der Waals surface area contributed by atoms with Crippen LogP contribution in [0.1, 0.15) is 38.7 Å². The van der Waals surface area contributed by atoms with Crippen molar-refractivity contribution in [2.24, 2.45) is 5.92 Å². The van der Waals surface area contributed by atoms with Crippen LogP contribution in [0.5, 0.6) is 0 Å². The summed E-state index contributed by atoms with van der Waals surface area (Å²) in [4.78, 5) is 48.9. The Morgan fingerprint density at radius 1 is 1.00 bits per heavy atom. The molecule has 1 aromatic rings. The van der Waals surface area contributed by atoms with Crippen LogP contribution < -0.4 is 16.0 Å². The van der Waals surface area contributed by atoms with Crippen molar-refractivity contribution in [1.29, 1.82) is 0 Å². The van der Waals surface area contributed by atoms with Gasteiger partial charge in [-0.25, -0.2) is 4.79 Å². The number of ether oxygens (including phenoxy) is 2. The second-order valence-corrected chi connectivity index (χ2v) is 7.58. The van der Waals surface area contributed by atoms with Crippen molar-refractivity contribution >= 4 is 23.7 Å². The fourth-order valence-corrected chi connectivity index (χ4v) is 2.90. The molecule has 9 nitrogen and oxygen atoms in total. The number of rotatable bonds is 15. The highest BCUT2D eigenvalue weighted by atomic mass is 16.6. The predicted molar refractivity (Wildman–Crippen MR) is 120 cm³/mol. The summed E-state index contributed by atoms with van der Waals surface area (Å²) in [6.45, 7) is 5.01. The van der Waals surface area contributed by atoms with Crippen LogP contribution in [0.4, 0.5) is 4.79 Å². The van der Waals surface area contributed by atoms with Crippen LogP contribution in [0.15, 0.2) is 30.3 Å². The maximum atomic E-state index is 12.6. The summed E-state index contributed by atoms with van der Waals surface area (Å²) in [7, 11) is 1.52. The van der Waals surface area contributed by atoms with Crippen LogP contribution in [-0.4, -0.2) is 63.1 Å². The quantitative estimate of drug-likeness (QED) is 0.276. The molecule has 0 aliphatic rings. The van der Waals surface area contributed by atoms with Gasteiger partial charge in [0.1, 0.15) is 12.6 Å². The van der Waals surface area contributed by atoms with Gasteiger partial charge in [0.2, 0.25) is 11.7 Å². The number of Topliss-reactive ketones (excluding diaryl/α,β-unsaturated/α-hetero) is 1. The van der Waals surface area contributed by atoms with Crippen LogP contribution in [0.25, 0.3) is 0 Å². The smallest absolute Gasteiger partial charge is 0.407 e. The predicted octanol–water partition coefficient (Wildman–Crippen LogP) is 1.60. The van der Waals surface area contributed by atoms with E-state index in [4.69, 9.17) is 9.47 Å². The molecule has 3 N–H and O–H groups in total. The molecule has 178 valence electrons. The summed E-state index contributed by atoms with van der Waals surface area (Å²) in [5, 5.41) is 7.90. The van der Waals surface area contributed by atoms with Gasteiger partial charge in [-0.2, -0.15) is 0 Å². The van der Waals surface area contributed by atoms with E-state index in [1.807, 2.05) is 44.2 Å². The van der Waals surface area contributed by atoms with Gasteiger partial charge in [0.05, 0.1) is 6.61 Å². The number of methoxy groups -OCH3 is 1. The van der Waals surface area contributed by atoms with Gasteiger partial charge < -0.3 is 25.4 Å². The van der Waals surface area contributed by atoms with Crippen molar-refractivity contribution in [2.45, 2.75) is 45.6 Å². The molecule has 1 rings (SSSR count). The third-order valence-corrected chi connectivity index (χ3v) is 4.65. The second kappa shape index (κ2) is 15.8. The van der Waals surface area contributed by atoms with Crippen LogP contribution in [0, 0.1) is 5.92 Å². The summed E-state index contributed by atoms with van der Waals surface area (Å²) in [6.07, 6.45) is 1.12. The molecule has 0 aromatic heterocycles. The maximum Gasteiger partial charge on any atom is 0.407 e. The van der Waals surface area contributed by atoms with Crippen molar-refractivity contribution < 1.29 is 28.7 Å². The van der Waals surface area contributed by atoms with Gasteiger partial charge in [-0.15, -0.1) is 0 Å². The Morgan fingerprint density at radius 2 is 1.72 bits per heavy atom. The molecule has 0 saturated heterocycles. The number of carbonyl (C=O) groups is 4. The van der Waals surface area contributed by atoms with Gasteiger partial charge in [0, 0.05) is 33.0 Å². The molecule has 1 aromatic carbocycles. The fourth-order valence-electron chi connectivity index (χ4n) is 2.90. The lowest BCUT2D eigenvalue weighted by Gasteiger charge is -2.19. The molecule has 0 radical (unpaired) electrons. The van der Waals surface area contributed by atoms with Gasteiger partial charge in [-0.3, -0.25) is 14.4 Å². The second-order valence-electron chi connectivity index (χ2n) is 7.58. The first-order chi connectivity index (χ1) is 15.4. The van der Waals surface area contributed by atoms with E-state index in [1.165, 1.54) is 7.11 Å². The minimum absolute atomic E-state index is 0.0457. The highest BCUT2D eigenvalue weighted by molar-refractivity contribution is 6.38. The van der Waals surface area contributed by atoms with E-state index in [-0.39, 0.29) is 31.3 Å². The Hall–Kier alpha value is -2.94. The summed E-state index contributed by atoms with van der Waals surface area (Å²) in [5.74, 6) is -1.73. The number of carbonyl (C=O) groups excluding carboxylic acids is 4. The Bertz CT molecular complexity index is 726. The van der Waals surface area contributed by atoms with Crippen molar-refractivity contribution in [3.8, 4) is 0 Å². The van der Waals surface area contributed by atoms with Crippen LogP contribution in [-0.2, 0) is 30.3 Å². The molecule has 1 unspecified atom stereocenters. The first-order valence-corrected chi connectivity index (χ1v) is 10.9. The summed E-state index contributed by atoms with van der Waals surface area (Å²) >= 11 is 0. The minimum atomic E-state index is -0.942. The molecular weight excluding hydrogens is 414 g/mol. The van der Waals surface area contributed by atoms with E-state index >= 15 is 0 Å². The largest absolute Gasteiger partial charge is 0.447 e. The standard InChI is InChI=1S/C23H35N3O6/c1-4-11-24-22(29)21(28)19(16-18-8-6-5-7-9-18)26-20(27)15-17(2)10-12-25-23(30)32-14-13-31-3/h5-9,17,19H,4,10-16H2,1-3H3,(H,24,29)(H,25,30)(H,26,27)/t17?,19-/m0/s1. The highest BCUT2D eigenvalue weighted by Gasteiger charge is 2.27. The lowest BCUT2D eigenvalue weighted by molar-refractivity contribution is -0.140. The molecule has 2 atom stereocenters. The molecule has 3 amide bonds. The van der Waals surface area contributed by atoms with Gasteiger partial charge in [-0.05, 0) is 24.3 Å². The van der Waals surface area contributed by atoms with Crippen LogP contribution >= 0.6 is 0 Å². The van der Waals surface area contributed by atoms with E-state index in [2.05, 4.69) is 16.0 Å². The third-order valence-electron chi connectivity index (χ3n) is 4.65. The minimum Gasteiger partial charge on any atom is -0.447 e. The lowest BCUT2D eigenvalue weighted by atomic mass is 9.99. The average Bonchev–Trinajstić information content (AvgIpc) is 2.77. The normalized spacial score (nSPS) is 12.3. The fraction of sp³-hybridized carbons (Fsp3) is 0.565. The van der Waals surface area contributed by atoms with Crippen LogP contribution in [0.3, 0.4) is 0 Å². The van der Waals surface area contributed by atoms with Crippen molar-refractivity contribution in [2.75, 3.05) is 33.4 Å². The summed E-state index contributed by atoms with van der Waals surface area (Å²) in [5.41, 5.74) is 0.846. The Balaban J connectivity index is 2.56. The molecule has 0 saturated carbocycles. The van der Waals surface area contributed by atoms with Gasteiger partial charge in [-0.1, -0.05) is 44.2 Å². The summed E-state index contributed by atoms with van der Waals surface area (Å²) < 4.78 is 9.70. The SMILES string of the molecule is CCCNC(=O)C(=O)[C@H](Cc1ccccc1)NC(=O)CC(C)CCNC(=O)OCCOC. The van der Waals surface area contributed by atoms with Crippen molar-refractivity contribution in [3.05, 3.63) is 35.9 Å². The van der Waals surface area contributed by atoms with Crippen LogP contribution in [0.2, 0.25) is 0 Å². The first kappa shape index (κ1) is 27.1. The molecule has 9 heteroatoms. The zero-order chi connectivity index (χ0) is 23.8. The third kappa shape index (κ3) is 11.5. The first-order valence-electron chi connectivity index (χ1n) is 10.9. The van der Waals surface area contributed by atoms with E-state index in [0.717, 1.165) is 5.56 Å². The van der Waals surface area contributed by atoms with Gasteiger partial charge >= 0.3 is 6.09 Å². The van der Waals surface area contributed by atoms with E-state index in [1.54, 1.807) is 0 Å². The average molecular weight is 450 g/mol. The lowest BCUT2D eigenvalue weighted by Crippen LogP contribution is -2.49. The van der Waals surface area contributed by atoms with E-state index < -0.39 is 23.8 Å². The monoisotopic (exact) mass is 449 g/mol. The molecule has 0 fully saturated rings. The number of hydrogen-bond donors (Lipinski definition) is 3. The molecule has 0 aliphatic carbocycles. The highest BCUT2D eigenvalue weighted by Crippen LogP contribution is 2.09. The van der Waals surface area contributed by atoms with Gasteiger partial charge in [0.25, 0.3) is 5.91 Å². The van der Waals surface area contributed by atoms with Gasteiger partial charge in [0.15, 0.2) is 0 Å². The number of ketones is 1. The topological polar surface area (TPSA) is 123 Å². The van der Waals surface area contributed by atoms with Crippen molar-refractivity contribution in [3.63, 3.8) is 0 Å². The van der Waals surface area contributed by atoms with E-state index in [9.17, 15) is 19.2 Å². The molecular formula is C23H35N3O6. The molecule has 0 heterocycles. The Kier molecular flexibility index (Phi) is 13.4. The number of alkyl carbamates (subject to hydrolysis) is 1. The van der Waals surface area contributed by atoms with E-state index in [0.29, 0.717) is 32.5 Å². The zero-order valence-electron chi connectivity index (χ0n) is 19.1. The molecule has 0 bridgehead atoms. The number of amides is 3. The molecule has 32 heavy (non-hydrogen) atoms. The molecule has 0 spiro atoms. The summed E-state index contributed by atoms with van der Waals surface area (Å²) in [6, 6.07) is 8.28. The number of hydrogen-bond acceptors (Lipinski definition) is 6. The zero-order valence-corrected chi connectivity index (χ0v) is 19.1.